The normalized spacial score (nSPS) is 16.4. The van der Waals surface area contributed by atoms with E-state index in [-0.39, 0.29) is 11.5 Å². The van der Waals surface area contributed by atoms with Crippen molar-refractivity contribution in [1.29, 1.82) is 0 Å². The minimum absolute atomic E-state index is 0.168. The van der Waals surface area contributed by atoms with E-state index in [1.807, 2.05) is 0 Å². The minimum atomic E-state index is -0.565. The monoisotopic (exact) mass is 333 g/mol. The molecule has 1 atom stereocenters. The number of nitrogens with one attached hydrogen (secondary N) is 1. The standard InChI is InChI=1S/C17H20FN3O3/c1-17(2,3)24-16(23)19-7-6-10-9-21-13(22)5-4-12-15(21)14(10)11(18)8-20-12/h4-5,8,10H,6-7,9H2,1-3H3,(H,19,23). The largest absolute Gasteiger partial charge is 0.444 e. The summed E-state index contributed by atoms with van der Waals surface area (Å²) in [6.07, 6.45) is 1.19. The van der Waals surface area contributed by atoms with Gasteiger partial charge in [-0.1, -0.05) is 0 Å². The molecule has 2 aromatic rings. The van der Waals surface area contributed by atoms with Crippen LogP contribution in [0.1, 0.15) is 38.7 Å². The summed E-state index contributed by atoms with van der Waals surface area (Å²) >= 11 is 0. The van der Waals surface area contributed by atoms with Crippen LogP contribution >= 0.6 is 0 Å². The molecule has 7 heteroatoms. The molecule has 1 aliphatic rings. The summed E-state index contributed by atoms with van der Waals surface area (Å²) in [5, 5.41) is 2.67. The molecule has 2 aromatic heterocycles. The molecule has 0 saturated carbocycles. The van der Waals surface area contributed by atoms with Crippen molar-refractivity contribution in [1.82, 2.24) is 14.9 Å². The van der Waals surface area contributed by atoms with Crippen LogP contribution in [0, 0.1) is 5.82 Å². The predicted octanol–water partition coefficient (Wildman–Crippen LogP) is 2.55. The smallest absolute Gasteiger partial charge is 0.407 e. The van der Waals surface area contributed by atoms with Crippen LogP contribution in [0.15, 0.2) is 23.1 Å². The summed E-state index contributed by atoms with van der Waals surface area (Å²) in [6.45, 7) is 6.09. The molecule has 0 aromatic carbocycles. The van der Waals surface area contributed by atoms with E-state index in [4.69, 9.17) is 4.74 Å². The molecule has 0 spiro atoms. The highest BCUT2D eigenvalue weighted by Gasteiger charge is 2.29. The quantitative estimate of drug-likeness (QED) is 0.937. The van der Waals surface area contributed by atoms with Crippen LogP contribution in [0.5, 0.6) is 0 Å². The van der Waals surface area contributed by atoms with Gasteiger partial charge in [0, 0.05) is 30.6 Å². The van der Waals surface area contributed by atoms with Gasteiger partial charge in [-0.2, -0.15) is 0 Å². The molecule has 0 bridgehead atoms. The van der Waals surface area contributed by atoms with Crippen LogP contribution in [0.4, 0.5) is 9.18 Å². The summed E-state index contributed by atoms with van der Waals surface area (Å²) in [5.41, 5.74) is 0.936. The number of aromatic nitrogens is 2. The number of carbonyl (C=O) groups excluding carboxylic acids is 1. The highest BCUT2D eigenvalue weighted by Crippen LogP contribution is 2.35. The second-order valence-corrected chi connectivity index (χ2v) is 6.95. The maximum atomic E-state index is 14.3. The van der Waals surface area contributed by atoms with Crippen LogP contribution in [0.2, 0.25) is 0 Å². The lowest BCUT2D eigenvalue weighted by Gasteiger charge is -2.20. The Labute approximate surface area is 138 Å². The Morgan fingerprint density at radius 1 is 1.46 bits per heavy atom. The van der Waals surface area contributed by atoms with Gasteiger partial charge in [0.15, 0.2) is 0 Å². The van der Waals surface area contributed by atoms with Gasteiger partial charge >= 0.3 is 6.09 Å². The first-order valence-corrected chi connectivity index (χ1v) is 7.91. The summed E-state index contributed by atoms with van der Waals surface area (Å²) < 4.78 is 21.0. The number of nitrogens with zero attached hydrogens (tertiary/aromatic N) is 2. The average Bonchev–Trinajstić information content (AvgIpc) is 2.85. The number of hydrogen-bond donors (Lipinski definition) is 1. The molecule has 3 heterocycles. The Balaban J connectivity index is 1.75. The van der Waals surface area contributed by atoms with E-state index in [0.717, 1.165) is 0 Å². The van der Waals surface area contributed by atoms with E-state index >= 15 is 0 Å². The first-order valence-electron chi connectivity index (χ1n) is 7.91. The van der Waals surface area contributed by atoms with E-state index < -0.39 is 17.5 Å². The average molecular weight is 333 g/mol. The fourth-order valence-corrected chi connectivity index (χ4v) is 3.04. The highest BCUT2D eigenvalue weighted by molar-refractivity contribution is 5.80. The summed E-state index contributed by atoms with van der Waals surface area (Å²) in [5.74, 6) is -0.595. The molecule has 1 N–H and O–H groups in total. The van der Waals surface area contributed by atoms with Crippen LogP contribution < -0.4 is 10.9 Å². The van der Waals surface area contributed by atoms with Gasteiger partial charge in [0.05, 0.1) is 17.2 Å². The maximum absolute atomic E-state index is 14.3. The zero-order valence-corrected chi connectivity index (χ0v) is 13.9. The lowest BCUT2D eigenvalue weighted by Crippen LogP contribution is -2.33. The second-order valence-electron chi connectivity index (χ2n) is 6.95. The lowest BCUT2D eigenvalue weighted by atomic mass is 9.98. The summed E-state index contributed by atoms with van der Waals surface area (Å²) in [6, 6.07) is 3.05. The van der Waals surface area contributed by atoms with Crippen molar-refractivity contribution >= 4 is 17.1 Å². The number of amides is 1. The van der Waals surface area contributed by atoms with Gasteiger partial charge in [-0.15, -0.1) is 0 Å². The third kappa shape index (κ3) is 3.11. The predicted molar refractivity (Wildman–Crippen MR) is 87.6 cm³/mol. The molecule has 24 heavy (non-hydrogen) atoms. The first kappa shape index (κ1) is 16.4. The van der Waals surface area contributed by atoms with Crippen molar-refractivity contribution in [3.63, 3.8) is 0 Å². The second kappa shape index (κ2) is 5.89. The first-order chi connectivity index (χ1) is 11.3. The molecular weight excluding hydrogens is 313 g/mol. The lowest BCUT2D eigenvalue weighted by molar-refractivity contribution is 0.0526. The molecular formula is C17H20FN3O3. The molecule has 128 valence electrons. The molecule has 0 aliphatic carbocycles. The number of carbonyl (C=O) groups is 1. The van der Waals surface area contributed by atoms with Crippen molar-refractivity contribution in [2.75, 3.05) is 6.54 Å². The number of rotatable bonds is 3. The Hall–Kier alpha value is -2.44. The van der Waals surface area contributed by atoms with Crippen LogP contribution in [-0.4, -0.2) is 27.8 Å². The van der Waals surface area contributed by atoms with E-state index in [2.05, 4.69) is 10.3 Å². The number of hydrogen-bond acceptors (Lipinski definition) is 4. The Morgan fingerprint density at radius 2 is 2.21 bits per heavy atom. The maximum Gasteiger partial charge on any atom is 0.407 e. The third-order valence-corrected chi connectivity index (χ3v) is 3.96. The van der Waals surface area contributed by atoms with Gasteiger partial charge in [-0.05, 0) is 33.3 Å². The van der Waals surface area contributed by atoms with Crippen LogP contribution in [-0.2, 0) is 11.3 Å². The third-order valence-electron chi connectivity index (χ3n) is 3.96. The Morgan fingerprint density at radius 3 is 2.92 bits per heavy atom. The van der Waals surface area contributed by atoms with Crippen LogP contribution in [0.3, 0.4) is 0 Å². The van der Waals surface area contributed by atoms with Crippen molar-refractivity contribution in [2.45, 2.75) is 45.3 Å². The molecule has 0 fully saturated rings. The van der Waals surface area contributed by atoms with Crippen LogP contribution in [0.25, 0.3) is 11.0 Å². The molecule has 6 nitrogen and oxygen atoms in total. The zero-order valence-electron chi connectivity index (χ0n) is 13.9. The van der Waals surface area contributed by atoms with Crippen molar-refractivity contribution in [2.24, 2.45) is 0 Å². The van der Waals surface area contributed by atoms with Crippen molar-refractivity contribution in [3.05, 3.63) is 40.1 Å². The molecule has 1 amide bonds. The van der Waals surface area contributed by atoms with Gasteiger partial charge in [0.1, 0.15) is 11.4 Å². The highest BCUT2D eigenvalue weighted by atomic mass is 19.1. The SMILES string of the molecule is CC(C)(C)OC(=O)NCCC1Cn2c(=O)ccc3ncc(F)c1c32. The Kier molecular flexibility index (Phi) is 4.03. The molecule has 1 aliphatic heterocycles. The van der Waals surface area contributed by atoms with Gasteiger partial charge in [-0.25, -0.2) is 9.18 Å². The fraction of sp³-hybridized carbons (Fsp3) is 0.471. The minimum Gasteiger partial charge on any atom is -0.444 e. The van der Waals surface area contributed by atoms with Crippen molar-refractivity contribution in [3.8, 4) is 0 Å². The molecule has 0 radical (unpaired) electrons. The van der Waals surface area contributed by atoms with E-state index in [0.29, 0.717) is 36.1 Å². The van der Waals surface area contributed by atoms with Gasteiger partial charge < -0.3 is 14.6 Å². The fourth-order valence-electron chi connectivity index (χ4n) is 3.04. The number of ether oxygens (including phenoxy) is 1. The molecule has 3 rings (SSSR count). The Bertz CT molecular complexity index is 855. The topological polar surface area (TPSA) is 73.2 Å². The molecule has 1 unspecified atom stereocenters. The molecule has 0 saturated heterocycles. The number of halogens is 1. The van der Waals surface area contributed by atoms with Gasteiger partial charge in [0.2, 0.25) is 0 Å². The zero-order chi connectivity index (χ0) is 17.5. The number of pyridine rings is 2. The summed E-state index contributed by atoms with van der Waals surface area (Å²) in [4.78, 5) is 27.7. The van der Waals surface area contributed by atoms with Gasteiger partial charge in [0.25, 0.3) is 5.56 Å². The van der Waals surface area contributed by atoms with E-state index in [1.54, 1.807) is 31.4 Å². The van der Waals surface area contributed by atoms with Gasteiger partial charge in [-0.3, -0.25) is 9.78 Å². The number of alkyl carbamates (subject to hydrolysis) is 1. The van der Waals surface area contributed by atoms with E-state index in [9.17, 15) is 14.0 Å². The summed E-state index contributed by atoms with van der Waals surface area (Å²) in [7, 11) is 0. The van der Waals surface area contributed by atoms with E-state index in [1.165, 1.54) is 12.3 Å². The van der Waals surface area contributed by atoms with Crippen molar-refractivity contribution < 1.29 is 13.9 Å².